The van der Waals surface area contributed by atoms with Gasteiger partial charge in [-0.25, -0.2) is 9.98 Å². The van der Waals surface area contributed by atoms with E-state index in [1.165, 1.54) is 0 Å². The molecule has 2 amide bonds. The highest BCUT2D eigenvalue weighted by Crippen LogP contribution is 2.17. The number of fused-ring (bicyclic) bond motifs is 1. The molecule has 2 aromatic carbocycles. The third-order valence-electron chi connectivity index (χ3n) is 4.64. The minimum absolute atomic E-state index is 0.0445. The van der Waals surface area contributed by atoms with E-state index >= 15 is 0 Å². The SMILES string of the molecule is O=C(NC1N=CC2=CN(C(=O)COc3ccccc3)CCC2=N1)c1ccc(Cl)cc1. The van der Waals surface area contributed by atoms with Crippen LogP contribution in [0.5, 0.6) is 5.75 Å². The van der Waals surface area contributed by atoms with Crippen molar-refractivity contribution in [3.8, 4) is 5.75 Å². The molecule has 8 heteroatoms. The summed E-state index contributed by atoms with van der Waals surface area (Å²) in [6.07, 6.45) is 3.23. The summed E-state index contributed by atoms with van der Waals surface area (Å²) in [5.41, 5.74) is 2.04. The predicted molar refractivity (Wildman–Crippen MR) is 115 cm³/mol. The molecule has 0 bridgehead atoms. The number of nitrogens with one attached hydrogen (secondary N) is 1. The van der Waals surface area contributed by atoms with Crippen molar-refractivity contribution in [3.63, 3.8) is 0 Å². The lowest BCUT2D eigenvalue weighted by atomic mass is 10.0. The molecular formula is C22H19ClN4O3. The number of halogens is 1. The molecule has 152 valence electrons. The van der Waals surface area contributed by atoms with E-state index in [-0.39, 0.29) is 18.4 Å². The van der Waals surface area contributed by atoms with E-state index in [1.807, 2.05) is 18.2 Å². The van der Waals surface area contributed by atoms with Crippen LogP contribution in [0.4, 0.5) is 0 Å². The van der Waals surface area contributed by atoms with Gasteiger partial charge in [0.25, 0.3) is 11.8 Å². The summed E-state index contributed by atoms with van der Waals surface area (Å²) >= 11 is 5.85. The largest absolute Gasteiger partial charge is 0.484 e. The van der Waals surface area contributed by atoms with Crippen molar-refractivity contribution < 1.29 is 14.3 Å². The highest BCUT2D eigenvalue weighted by Gasteiger charge is 2.24. The summed E-state index contributed by atoms with van der Waals surface area (Å²) < 4.78 is 5.53. The number of allylic oxidation sites excluding steroid dienone is 1. The molecule has 1 N–H and O–H groups in total. The number of nitrogens with zero attached hydrogens (tertiary/aromatic N) is 3. The molecule has 0 saturated heterocycles. The minimum atomic E-state index is -0.691. The summed E-state index contributed by atoms with van der Waals surface area (Å²) in [5.74, 6) is 0.226. The maximum atomic E-state index is 12.4. The van der Waals surface area contributed by atoms with Gasteiger partial charge in [0.1, 0.15) is 5.75 Å². The first kappa shape index (κ1) is 19.8. The molecule has 1 unspecified atom stereocenters. The van der Waals surface area contributed by atoms with E-state index < -0.39 is 6.29 Å². The van der Waals surface area contributed by atoms with Crippen molar-refractivity contribution in [2.45, 2.75) is 12.7 Å². The van der Waals surface area contributed by atoms with Gasteiger partial charge in [-0.2, -0.15) is 0 Å². The number of hydrogen-bond acceptors (Lipinski definition) is 5. The zero-order chi connectivity index (χ0) is 20.9. The maximum Gasteiger partial charge on any atom is 0.264 e. The number of para-hydroxylation sites is 1. The van der Waals surface area contributed by atoms with E-state index in [9.17, 15) is 9.59 Å². The fourth-order valence-corrected chi connectivity index (χ4v) is 3.20. The summed E-state index contributed by atoms with van der Waals surface area (Å²) in [6, 6.07) is 15.8. The van der Waals surface area contributed by atoms with Gasteiger partial charge in [-0.05, 0) is 36.4 Å². The molecule has 2 aromatic rings. The van der Waals surface area contributed by atoms with Crippen LogP contribution in [0.2, 0.25) is 5.02 Å². The third-order valence-corrected chi connectivity index (χ3v) is 4.90. The zero-order valence-corrected chi connectivity index (χ0v) is 16.7. The van der Waals surface area contributed by atoms with E-state index in [2.05, 4.69) is 15.3 Å². The Morgan fingerprint density at radius 3 is 2.67 bits per heavy atom. The smallest absolute Gasteiger partial charge is 0.264 e. The molecule has 2 aliphatic rings. The van der Waals surface area contributed by atoms with Gasteiger partial charge in [0, 0.05) is 41.5 Å². The number of benzene rings is 2. The molecule has 0 radical (unpaired) electrons. The average Bonchev–Trinajstić information content (AvgIpc) is 2.78. The quantitative estimate of drug-likeness (QED) is 0.803. The lowest BCUT2D eigenvalue weighted by Crippen LogP contribution is -2.40. The van der Waals surface area contributed by atoms with Gasteiger partial charge >= 0.3 is 0 Å². The van der Waals surface area contributed by atoms with Crippen LogP contribution in [0.1, 0.15) is 16.8 Å². The standard InChI is InChI=1S/C22H19ClN4O3/c23-17-8-6-15(7-9-17)21(29)26-22-24-12-16-13-27(11-10-19(16)25-22)20(28)14-30-18-4-2-1-3-5-18/h1-9,12-13,22H,10-11,14H2,(H,26,29). The van der Waals surface area contributed by atoms with Gasteiger partial charge in [-0.3, -0.25) is 9.59 Å². The fourth-order valence-electron chi connectivity index (χ4n) is 3.07. The molecule has 7 nitrogen and oxygen atoms in total. The number of hydrogen-bond donors (Lipinski definition) is 1. The van der Waals surface area contributed by atoms with Gasteiger partial charge in [0.2, 0.25) is 6.29 Å². The maximum absolute atomic E-state index is 12.4. The Kier molecular flexibility index (Phi) is 5.90. The summed E-state index contributed by atoms with van der Waals surface area (Å²) in [4.78, 5) is 35.2. The topological polar surface area (TPSA) is 83.4 Å². The molecule has 0 aliphatic carbocycles. The van der Waals surface area contributed by atoms with Gasteiger partial charge < -0.3 is 15.0 Å². The second kappa shape index (κ2) is 8.92. The zero-order valence-electron chi connectivity index (χ0n) is 16.0. The molecule has 4 rings (SSSR count). The highest BCUT2D eigenvalue weighted by atomic mass is 35.5. The minimum Gasteiger partial charge on any atom is -0.484 e. The molecule has 0 fully saturated rings. The van der Waals surface area contributed by atoms with E-state index in [0.29, 0.717) is 29.3 Å². The normalized spacial score (nSPS) is 17.5. The third kappa shape index (κ3) is 4.75. The molecule has 30 heavy (non-hydrogen) atoms. The second-order valence-electron chi connectivity index (χ2n) is 6.73. The summed E-state index contributed by atoms with van der Waals surface area (Å²) in [5, 5.41) is 3.33. The van der Waals surface area contributed by atoms with Crippen LogP contribution in [-0.2, 0) is 4.79 Å². The summed E-state index contributed by atoms with van der Waals surface area (Å²) in [7, 11) is 0. The average molecular weight is 423 g/mol. The molecule has 1 atom stereocenters. The lowest BCUT2D eigenvalue weighted by Gasteiger charge is -2.27. The van der Waals surface area contributed by atoms with Gasteiger partial charge in [-0.15, -0.1) is 0 Å². The highest BCUT2D eigenvalue weighted by molar-refractivity contribution is 6.30. The van der Waals surface area contributed by atoms with Crippen LogP contribution in [0.3, 0.4) is 0 Å². The van der Waals surface area contributed by atoms with Crippen LogP contribution >= 0.6 is 11.6 Å². The number of aliphatic imine (C=N–C) groups is 2. The molecular weight excluding hydrogens is 404 g/mol. The molecule has 0 spiro atoms. The number of ether oxygens (including phenoxy) is 1. The van der Waals surface area contributed by atoms with Crippen LogP contribution in [-0.4, -0.2) is 48.1 Å². The van der Waals surface area contributed by atoms with Crippen molar-refractivity contribution in [3.05, 3.63) is 77.0 Å². The lowest BCUT2D eigenvalue weighted by molar-refractivity contribution is -0.130. The Balaban J connectivity index is 1.36. The Morgan fingerprint density at radius 2 is 1.90 bits per heavy atom. The van der Waals surface area contributed by atoms with Gasteiger partial charge in [-0.1, -0.05) is 29.8 Å². The first-order valence-corrected chi connectivity index (χ1v) is 9.82. The van der Waals surface area contributed by atoms with Gasteiger partial charge in [0.15, 0.2) is 6.61 Å². The van der Waals surface area contributed by atoms with Gasteiger partial charge in [0.05, 0.1) is 5.71 Å². The first-order chi connectivity index (χ1) is 14.6. The Bertz CT molecular complexity index is 1030. The van der Waals surface area contributed by atoms with E-state index in [0.717, 1.165) is 11.3 Å². The van der Waals surface area contributed by atoms with Crippen LogP contribution in [0.15, 0.2) is 76.4 Å². The van der Waals surface area contributed by atoms with Crippen molar-refractivity contribution >= 4 is 35.3 Å². The Labute approximate surface area is 178 Å². The van der Waals surface area contributed by atoms with Crippen LogP contribution in [0.25, 0.3) is 0 Å². The number of carbonyl (C=O) groups excluding carboxylic acids is 2. The predicted octanol–water partition coefficient (Wildman–Crippen LogP) is 3.07. The van der Waals surface area contributed by atoms with Crippen molar-refractivity contribution in [1.82, 2.24) is 10.2 Å². The Morgan fingerprint density at radius 1 is 1.13 bits per heavy atom. The number of rotatable bonds is 5. The summed E-state index contributed by atoms with van der Waals surface area (Å²) in [6.45, 7) is 0.447. The van der Waals surface area contributed by atoms with Crippen molar-refractivity contribution in [2.75, 3.05) is 13.2 Å². The van der Waals surface area contributed by atoms with Crippen molar-refractivity contribution in [1.29, 1.82) is 0 Å². The first-order valence-electron chi connectivity index (χ1n) is 9.44. The van der Waals surface area contributed by atoms with Crippen molar-refractivity contribution in [2.24, 2.45) is 9.98 Å². The van der Waals surface area contributed by atoms with Crippen LogP contribution < -0.4 is 10.1 Å². The second-order valence-corrected chi connectivity index (χ2v) is 7.17. The molecule has 0 aromatic heterocycles. The van der Waals surface area contributed by atoms with Crippen LogP contribution in [0, 0.1) is 0 Å². The molecule has 2 aliphatic heterocycles. The fraction of sp³-hybridized carbons (Fsp3) is 0.182. The van der Waals surface area contributed by atoms with E-state index in [1.54, 1.807) is 53.7 Å². The number of carbonyl (C=O) groups is 2. The Hall–Kier alpha value is -3.45. The number of amides is 2. The monoisotopic (exact) mass is 422 g/mol. The molecule has 2 heterocycles. The molecule has 0 saturated carbocycles. The van der Waals surface area contributed by atoms with E-state index in [4.69, 9.17) is 16.3 Å².